The van der Waals surface area contributed by atoms with Crippen LogP contribution in [-0.2, 0) is 21.9 Å². The third kappa shape index (κ3) is 3.70. The number of hydrogen-bond acceptors (Lipinski definition) is 6. The summed E-state index contributed by atoms with van der Waals surface area (Å²) in [7, 11) is -1.81. The first kappa shape index (κ1) is 19.7. The molecule has 1 N–H and O–H groups in total. The number of nitrogens with one attached hydrogen (secondary N) is 1. The monoisotopic (exact) mass is 431 g/mol. The molecule has 0 spiro atoms. The molecule has 0 aliphatic carbocycles. The van der Waals surface area contributed by atoms with Crippen LogP contribution in [0.3, 0.4) is 0 Å². The van der Waals surface area contributed by atoms with E-state index < -0.39 is 10.0 Å². The van der Waals surface area contributed by atoms with Crippen LogP contribution in [0.1, 0.15) is 31.4 Å². The van der Waals surface area contributed by atoms with Crippen LogP contribution in [0.15, 0.2) is 47.2 Å². The van der Waals surface area contributed by atoms with Gasteiger partial charge in [-0.05, 0) is 18.4 Å². The topological polar surface area (TPSA) is 97.2 Å². The van der Waals surface area contributed by atoms with Crippen LogP contribution in [-0.4, -0.2) is 39.7 Å². The predicted molar refractivity (Wildman–Crippen MR) is 111 cm³/mol. The van der Waals surface area contributed by atoms with E-state index in [9.17, 15) is 13.2 Å². The van der Waals surface area contributed by atoms with Crippen LogP contribution in [0.4, 0.5) is 5.13 Å². The summed E-state index contributed by atoms with van der Waals surface area (Å²) in [5.41, 5.74) is 2.88. The van der Waals surface area contributed by atoms with Gasteiger partial charge in [0.2, 0.25) is 5.91 Å². The van der Waals surface area contributed by atoms with Crippen molar-refractivity contribution in [2.75, 3.05) is 11.9 Å². The zero-order chi connectivity index (χ0) is 20.6. The van der Waals surface area contributed by atoms with E-state index in [1.54, 1.807) is 16.8 Å². The van der Waals surface area contributed by atoms with E-state index in [1.807, 2.05) is 35.9 Å². The standard InChI is InChI=1S/C19H21N5O3S2/c1-13(25)22-19-21-11-18(28-19)29(26,27)24-9-5-8-16(24)14-6-3-4-7-15(14)17-10-20-12-23(17)2/h3-4,6-7,10-12,16H,5,8-9H2,1-2H3,(H,21,22,25). The van der Waals surface area contributed by atoms with Gasteiger partial charge in [0.05, 0.1) is 30.5 Å². The lowest BCUT2D eigenvalue weighted by Gasteiger charge is -2.25. The van der Waals surface area contributed by atoms with Crippen molar-refractivity contribution in [2.45, 2.75) is 30.0 Å². The average Bonchev–Trinajstić information content (AvgIpc) is 3.41. The molecule has 0 bridgehead atoms. The van der Waals surface area contributed by atoms with E-state index in [-0.39, 0.29) is 21.3 Å². The van der Waals surface area contributed by atoms with Gasteiger partial charge >= 0.3 is 0 Å². The Morgan fingerprint density at radius 1 is 1.28 bits per heavy atom. The summed E-state index contributed by atoms with van der Waals surface area (Å²) in [6.45, 7) is 1.81. The second kappa shape index (κ2) is 7.69. The molecule has 0 saturated carbocycles. The number of anilines is 1. The molecule has 1 amide bonds. The Bertz CT molecular complexity index is 1150. The highest BCUT2D eigenvalue weighted by atomic mass is 32.2. The van der Waals surface area contributed by atoms with Gasteiger partial charge < -0.3 is 9.88 Å². The van der Waals surface area contributed by atoms with Crippen molar-refractivity contribution >= 4 is 32.4 Å². The predicted octanol–water partition coefficient (Wildman–Crippen LogP) is 3.03. The van der Waals surface area contributed by atoms with Gasteiger partial charge in [0, 0.05) is 26.1 Å². The van der Waals surface area contributed by atoms with Crippen molar-refractivity contribution in [3.8, 4) is 11.3 Å². The fourth-order valence-electron chi connectivity index (χ4n) is 3.68. The number of rotatable bonds is 5. The Kier molecular flexibility index (Phi) is 5.24. The lowest BCUT2D eigenvalue weighted by atomic mass is 9.97. The van der Waals surface area contributed by atoms with E-state index in [1.165, 1.54) is 13.1 Å². The summed E-state index contributed by atoms with van der Waals surface area (Å²) >= 11 is 0.970. The van der Waals surface area contributed by atoms with Crippen LogP contribution >= 0.6 is 11.3 Å². The zero-order valence-electron chi connectivity index (χ0n) is 16.1. The Balaban J connectivity index is 1.71. The Hall–Kier alpha value is -2.56. The number of thiazole rings is 1. The lowest BCUT2D eigenvalue weighted by Crippen LogP contribution is -2.30. The first-order valence-electron chi connectivity index (χ1n) is 9.19. The fraction of sp³-hybridized carbons (Fsp3) is 0.316. The molecule has 10 heteroatoms. The molecule has 1 aliphatic heterocycles. The van der Waals surface area contributed by atoms with Gasteiger partial charge in [-0.1, -0.05) is 35.6 Å². The third-order valence-corrected chi connectivity index (χ3v) is 8.20. The van der Waals surface area contributed by atoms with Gasteiger partial charge in [-0.3, -0.25) is 4.79 Å². The molecule has 1 aliphatic rings. The highest BCUT2D eigenvalue weighted by molar-refractivity contribution is 7.91. The third-order valence-electron chi connectivity index (χ3n) is 4.95. The van der Waals surface area contributed by atoms with Gasteiger partial charge in [0.1, 0.15) is 0 Å². The summed E-state index contributed by atoms with van der Waals surface area (Å²) < 4.78 is 30.3. The molecule has 1 atom stereocenters. The molecule has 29 heavy (non-hydrogen) atoms. The molecular formula is C19H21N5O3S2. The zero-order valence-corrected chi connectivity index (χ0v) is 17.7. The van der Waals surface area contributed by atoms with Gasteiger partial charge in [-0.2, -0.15) is 4.31 Å². The number of benzene rings is 1. The van der Waals surface area contributed by atoms with Gasteiger partial charge in [-0.25, -0.2) is 18.4 Å². The minimum atomic E-state index is -3.73. The van der Waals surface area contributed by atoms with E-state index in [0.717, 1.165) is 41.0 Å². The van der Waals surface area contributed by atoms with Crippen LogP contribution in [0.5, 0.6) is 0 Å². The largest absolute Gasteiger partial charge is 0.334 e. The van der Waals surface area contributed by atoms with Gasteiger partial charge in [0.15, 0.2) is 9.34 Å². The highest BCUT2D eigenvalue weighted by Gasteiger charge is 2.38. The lowest BCUT2D eigenvalue weighted by molar-refractivity contribution is -0.114. The maximum Gasteiger partial charge on any atom is 0.254 e. The van der Waals surface area contributed by atoms with Crippen molar-refractivity contribution in [3.05, 3.63) is 48.5 Å². The summed E-state index contributed by atoms with van der Waals surface area (Å²) in [5, 5.41) is 2.82. The summed E-state index contributed by atoms with van der Waals surface area (Å²) in [5.74, 6) is -0.285. The van der Waals surface area contributed by atoms with E-state index in [0.29, 0.717) is 6.54 Å². The molecule has 152 valence electrons. The Labute approximate surface area is 173 Å². The Morgan fingerprint density at radius 2 is 2.07 bits per heavy atom. The maximum absolute atomic E-state index is 13.3. The molecule has 1 fully saturated rings. The fourth-order valence-corrected chi connectivity index (χ4v) is 6.56. The van der Waals surface area contributed by atoms with Crippen LogP contribution in [0, 0.1) is 0 Å². The summed E-state index contributed by atoms with van der Waals surface area (Å²) in [6, 6.07) is 7.59. The van der Waals surface area contributed by atoms with Crippen LogP contribution in [0.2, 0.25) is 0 Å². The number of carbonyl (C=O) groups is 1. The highest BCUT2D eigenvalue weighted by Crippen LogP contribution is 2.41. The normalized spacial score (nSPS) is 17.5. The number of aromatic nitrogens is 3. The number of sulfonamides is 1. The van der Waals surface area contributed by atoms with Crippen molar-refractivity contribution in [1.29, 1.82) is 0 Å². The molecule has 3 aromatic rings. The number of imidazole rings is 1. The van der Waals surface area contributed by atoms with Crippen molar-refractivity contribution < 1.29 is 13.2 Å². The minimum absolute atomic E-state index is 0.131. The first-order chi connectivity index (χ1) is 13.9. The summed E-state index contributed by atoms with van der Waals surface area (Å²) in [4.78, 5) is 19.5. The molecular weight excluding hydrogens is 410 g/mol. The van der Waals surface area contributed by atoms with Crippen molar-refractivity contribution in [3.63, 3.8) is 0 Å². The number of hydrogen-bond donors (Lipinski definition) is 1. The van der Waals surface area contributed by atoms with Gasteiger partial charge in [0.25, 0.3) is 10.0 Å². The molecule has 8 nitrogen and oxygen atoms in total. The average molecular weight is 432 g/mol. The molecule has 3 heterocycles. The van der Waals surface area contributed by atoms with Crippen LogP contribution < -0.4 is 5.32 Å². The number of amides is 1. The minimum Gasteiger partial charge on any atom is -0.334 e. The maximum atomic E-state index is 13.3. The quantitative estimate of drug-likeness (QED) is 0.670. The van der Waals surface area contributed by atoms with E-state index >= 15 is 0 Å². The van der Waals surface area contributed by atoms with Crippen molar-refractivity contribution in [1.82, 2.24) is 18.8 Å². The SMILES string of the molecule is CC(=O)Nc1ncc(S(=O)(=O)N2CCCC2c2ccccc2-c2cncn2C)s1. The van der Waals surface area contributed by atoms with Crippen molar-refractivity contribution in [2.24, 2.45) is 7.05 Å². The first-order valence-corrected chi connectivity index (χ1v) is 11.4. The molecule has 1 saturated heterocycles. The Morgan fingerprint density at radius 3 is 2.79 bits per heavy atom. The smallest absolute Gasteiger partial charge is 0.254 e. The second-order valence-electron chi connectivity index (χ2n) is 6.92. The molecule has 2 aromatic heterocycles. The molecule has 4 rings (SSSR count). The molecule has 1 unspecified atom stereocenters. The molecule has 1 aromatic carbocycles. The number of aryl methyl sites for hydroxylation is 1. The molecule has 0 radical (unpaired) electrons. The second-order valence-corrected chi connectivity index (χ2v) is 10.1. The van der Waals surface area contributed by atoms with E-state index in [4.69, 9.17) is 0 Å². The van der Waals surface area contributed by atoms with Crippen LogP contribution in [0.25, 0.3) is 11.3 Å². The number of nitrogens with zero attached hydrogens (tertiary/aromatic N) is 4. The summed E-state index contributed by atoms with van der Waals surface area (Å²) in [6.07, 6.45) is 6.35. The van der Waals surface area contributed by atoms with E-state index in [2.05, 4.69) is 15.3 Å². The number of carbonyl (C=O) groups excluding carboxylic acids is 1. The van der Waals surface area contributed by atoms with Gasteiger partial charge in [-0.15, -0.1) is 0 Å².